The van der Waals surface area contributed by atoms with Gasteiger partial charge in [0.15, 0.2) is 21.3 Å². The fourth-order valence-corrected chi connectivity index (χ4v) is 5.20. The number of nitrogens with zero attached hydrogens (tertiary/aromatic N) is 6. The number of alkyl halides is 2. The number of aromatic nitrogens is 5. The summed E-state index contributed by atoms with van der Waals surface area (Å²) in [7, 11) is -2.13. The molecule has 184 valence electrons. The zero-order valence-corrected chi connectivity index (χ0v) is 20.6. The molecule has 0 N–H and O–H groups in total. The van der Waals surface area contributed by atoms with Crippen molar-refractivity contribution < 1.29 is 17.2 Å². The van der Waals surface area contributed by atoms with Crippen LogP contribution in [0.25, 0.3) is 33.8 Å². The molecule has 0 aliphatic heterocycles. The fraction of sp³-hybridized carbons (Fsp3) is 0.320. The average molecular weight is 509 g/mol. The summed E-state index contributed by atoms with van der Waals surface area (Å²) in [6.45, 7) is 2.25. The molecule has 0 atom stereocenters. The molecular weight excluding hydrogens is 486 g/mol. The van der Waals surface area contributed by atoms with Gasteiger partial charge < -0.3 is 4.57 Å². The molecule has 0 unspecified atom stereocenters. The van der Waals surface area contributed by atoms with Crippen molar-refractivity contribution >= 4 is 21.0 Å². The van der Waals surface area contributed by atoms with Crippen LogP contribution in [0.5, 0.6) is 0 Å². The smallest absolute Gasteiger partial charge is 0.288 e. The monoisotopic (exact) mass is 508 g/mol. The lowest BCUT2D eigenvalue weighted by Crippen LogP contribution is -2.11. The van der Waals surface area contributed by atoms with Crippen LogP contribution in [0.1, 0.15) is 37.9 Å². The number of hydrogen-bond acceptors (Lipinski definition) is 7. The van der Waals surface area contributed by atoms with Crippen molar-refractivity contribution in [3.63, 3.8) is 0 Å². The number of sulfone groups is 1. The van der Waals surface area contributed by atoms with Crippen LogP contribution < -0.4 is 0 Å². The summed E-state index contributed by atoms with van der Waals surface area (Å²) in [5, 5.41) is 16.9. The highest BCUT2D eigenvalue weighted by Crippen LogP contribution is 2.47. The Kier molecular flexibility index (Phi) is 5.41. The number of halogens is 2. The molecule has 3 heterocycles. The summed E-state index contributed by atoms with van der Waals surface area (Å²) >= 11 is 0. The van der Waals surface area contributed by atoms with Crippen molar-refractivity contribution in [3.05, 3.63) is 53.9 Å². The van der Waals surface area contributed by atoms with Gasteiger partial charge in [-0.3, -0.25) is 4.98 Å². The molecular formula is C25H22F2N6O2S. The second kappa shape index (κ2) is 8.13. The first-order chi connectivity index (χ1) is 17.0. The molecule has 0 amide bonds. The van der Waals surface area contributed by atoms with E-state index in [4.69, 9.17) is 0 Å². The number of fused-ring (bicyclic) bond motifs is 1. The van der Waals surface area contributed by atoms with E-state index < -0.39 is 26.9 Å². The SMILES string of the molecule is CCS(=O)(=O)c1cc(-c2ccc(C3(C#N)CC3)cc2)cnc1-c1nc2cc(C(C)(F)F)nnc2n1C. The van der Waals surface area contributed by atoms with E-state index in [2.05, 4.69) is 26.2 Å². The van der Waals surface area contributed by atoms with Gasteiger partial charge in [0, 0.05) is 25.7 Å². The van der Waals surface area contributed by atoms with Gasteiger partial charge in [0.25, 0.3) is 5.92 Å². The number of nitriles is 1. The molecule has 1 aromatic carbocycles. The molecule has 0 radical (unpaired) electrons. The molecule has 5 rings (SSSR count). The van der Waals surface area contributed by atoms with Crippen LogP contribution in [0, 0.1) is 11.3 Å². The Labute approximate surface area is 206 Å². The van der Waals surface area contributed by atoms with E-state index in [9.17, 15) is 22.5 Å². The first kappa shape index (κ1) is 23.9. The molecule has 8 nitrogen and oxygen atoms in total. The lowest BCUT2D eigenvalue weighted by atomic mass is 9.95. The molecule has 1 saturated carbocycles. The highest BCUT2D eigenvalue weighted by Gasteiger charge is 2.44. The third-order valence-corrected chi connectivity index (χ3v) is 8.32. The van der Waals surface area contributed by atoms with E-state index in [0.717, 1.165) is 37.0 Å². The Morgan fingerprint density at radius 1 is 1.14 bits per heavy atom. The number of aryl methyl sites for hydroxylation is 1. The van der Waals surface area contributed by atoms with Crippen molar-refractivity contribution in [3.8, 4) is 28.7 Å². The normalized spacial score (nSPS) is 15.1. The van der Waals surface area contributed by atoms with Crippen molar-refractivity contribution in [1.82, 2.24) is 24.7 Å². The molecule has 0 bridgehead atoms. The average Bonchev–Trinajstić information content (AvgIpc) is 3.61. The Hall–Kier alpha value is -3.78. The summed E-state index contributed by atoms with van der Waals surface area (Å²) < 4.78 is 55.2. The number of rotatable bonds is 6. The van der Waals surface area contributed by atoms with Crippen LogP contribution in [0.4, 0.5) is 8.78 Å². The van der Waals surface area contributed by atoms with Crippen LogP contribution in [0.15, 0.2) is 47.5 Å². The maximum Gasteiger partial charge on any atom is 0.288 e. The molecule has 0 saturated heterocycles. The lowest BCUT2D eigenvalue weighted by Gasteiger charge is -2.12. The standard InChI is InChI=1S/C25H22F2N6O2S/c1-4-36(34,35)19-11-16(15-5-7-17(8-6-15)25(14-28)9-10-25)13-29-21(19)23-30-18-12-20(24(2,26)27)31-32-22(18)33(23)3/h5-8,11-13H,4,9-10H2,1-3H3. The largest absolute Gasteiger partial charge is 0.309 e. The summed E-state index contributed by atoms with van der Waals surface area (Å²) in [5.74, 6) is -3.18. The third-order valence-electron chi connectivity index (χ3n) is 6.58. The second-order valence-electron chi connectivity index (χ2n) is 9.07. The van der Waals surface area contributed by atoms with E-state index in [1.807, 2.05) is 24.3 Å². The molecule has 11 heteroatoms. The van der Waals surface area contributed by atoms with Crippen LogP contribution in [-0.2, 0) is 28.2 Å². The quantitative estimate of drug-likeness (QED) is 0.375. The number of imidazole rings is 1. The van der Waals surface area contributed by atoms with Crippen molar-refractivity contribution in [1.29, 1.82) is 5.26 Å². The van der Waals surface area contributed by atoms with E-state index in [1.165, 1.54) is 11.5 Å². The predicted octanol–water partition coefficient (Wildman–Crippen LogP) is 4.55. The van der Waals surface area contributed by atoms with Crippen LogP contribution >= 0.6 is 0 Å². The third kappa shape index (κ3) is 3.91. The Morgan fingerprint density at radius 2 is 1.83 bits per heavy atom. The number of hydrogen-bond donors (Lipinski definition) is 0. The van der Waals surface area contributed by atoms with Gasteiger partial charge in [-0.25, -0.2) is 13.4 Å². The molecule has 3 aromatic heterocycles. The van der Waals surface area contributed by atoms with Gasteiger partial charge in [-0.15, -0.1) is 10.2 Å². The summed E-state index contributed by atoms with van der Waals surface area (Å²) in [5.41, 5.74) is 1.83. The Balaban J connectivity index is 1.63. The number of benzene rings is 1. The Morgan fingerprint density at radius 3 is 2.42 bits per heavy atom. The van der Waals surface area contributed by atoms with Gasteiger partial charge in [-0.2, -0.15) is 14.0 Å². The van der Waals surface area contributed by atoms with Crippen LogP contribution in [0.2, 0.25) is 0 Å². The Bertz CT molecular complexity index is 1650. The van der Waals surface area contributed by atoms with Crippen molar-refractivity contribution in [2.75, 3.05) is 5.75 Å². The summed E-state index contributed by atoms with van der Waals surface area (Å²) in [6, 6.07) is 12.5. The second-order valence-corrected chi connectivity index (χ2v) is 11.3. The molecule has 1 aliphatic carbocycles. The van der Waals surface area contributed by atoms with E-state index in [0.29, 0.717) is 5.56 Å². The van der Waals surface area contributed by atoms with Gasteiger partial charge in [-0.1, -0.05) is 31.2 Å². The zero-order valence-electron chi connectivity index (χ0n) is 19.8. The predicted molar refractivity (Wildman–Crippen MR) is 129 cm³/mol. The highest BCUT2D eigenvalue weighted by molar-refractivity contribution is 7.91. The van der Waals surface area contributed by atoms with Gasteiger partial charge in [0.1, 0.15) is 16.9 Å². The first-order valence-corrected chi connectivity index (χ1v) is 13.0. The summed E-state index contributed by atoms with van der Waals surface area (Å²) in [4.78, 5) is 8.83. The van der Waals surface area contributed by atoms with E-state index >= 15 is 0 Å². The zero-order chi connectivity index (χ0) is 25.9. The molecule has 4 aromatic rings. The highest BCUT2D eigenvalue weighted by atomic mass is 32.2. The molecule has 0 spiro atoms. The minimum atomic E-state index is -3.73. The molecule has 1 fully saturated rings. The van der Waals surface area contributed by atoms with Crippen molar-refractivity contribution in [2.45, 2.75) is 42.9 Å². The first-order valence-electron chi connectivity index (χ1n) is 11.3. The van der Waals surface area contributed by atoms with Crippen LogP contribution in [0.3, 0.4) is 0 Å². The van der Waals surface area contributed by atoms with Gasteiger partial charge >= 0.3 is 0 Å². The minimum absolute atomic E-state index is 0.0188. The molecule has 36 heavy (non-hydrogen) atoms. The van der Waals surface area contributed by atoms with Gasteiger partial charge in [0.2, 0.25) is 0 Å². The summed E-state index contributed by atoms with van der Waals surface area (Å²) in [6.07, 6.45) is 3.21. The number of pyridine rings is 1. The van der Waals surface area contributed by atoms with Crippen LogP contribution in [-0.4, -0.2) is 38.9 Å². The van der Waals surface area contributed by atoms with E-state index in [1.54, 1.807) is 19.3 Å². The fourth-order valence-electron chi connectivity index (χ4n) is 4.15. The van der Waals surface area contributed by atoms with E-state index in [-0.39, 0.29) is 33.3 Å². The minimum Gasteiger partial charge on any atom is -0.309 e. The lowest BCUT2D eigenvalue weighted by molar-refractivity contribution is 0.0120. The molecule has 1 aliphatic rings. The van der Waals surface area contributed by atoms with Crippen molar-refractivity contribution in [2.24, 2.45) is 7.05 Å². The topological polar surface area (TPSA) is 114 Å². The maximum absolute atomic E-state index is 13.8. The van der Waals surface area contributed by atoms with Gasteiger partial charge in [0.05, 0.1) is 22.1 Å². The van der Waals surface area contributed by atoms with Gasteiger partial charge in [-0.05, 0) is 36.1 Å². The maximum atomic E-state index is 13.8.